The Balaban J connectivity index is 0.000000219. The fourth-order valence-corrected chi connectivity index (χ4v) is 3.12. The highest BCUT2D eigenvalue weighted by molar-refractivity contribution is 6.30. The summed E-state index contributed by atoms with van der Waals surface area (Å²) in [6.07, 6.45) is 4.28. The number of hydrogen-bond acceptors (Lipinski definition) is 4. The van der Waals surface area contributed by atoms with Crippen molar-refractivity contribution in [3.8, 4) is 11.3 Å². The lowest BCUT2D eigenvalue weighted by Gasteiger charge is -2.20. The summed E-state index contributed by atoms with van der Waals surface area (Å²) in [6.45, 7) is 2.64. The van der Waals surface area contributed by atoms with Crippen LogP contribution >= 0.6 is 11.6 Å². The minimum absolute atomic E-state index is 0.448. The Morgan fingerprint density at radius 1 is 0.880 bits per heavy atom. The predicted octanol–water partition coefficient (Wildman–Crippen LogP) is 4.63. The van der Waals surface area contributed by atoms with Crippen molar-refractivity contribution in [1.29, 1.82) is 0 Å². The SMILES string of the molecule is CN1CCCCC1.Nc1nnc(-c2ccc(Cl)cc2)c2ccccc12. The first kappa shape index (κ1) is 17.6. The van der Waals surface area contributed by atoms with E-state index in [1.54, 1.807) is 0 Å². The fraction of sp³-hybridized carbons (Fsp3) is 0.300. The second-order valence-corrected chi connectivity index (χ2v) is 6.79. The Morgan fingerprint density at radius 3 is 2.12 bits per heavy atom. The molecule has 5 heteroatoms. The van der Waals surface area contributed by atoms with E-state index in [9.17, 15) is 0 Å². The van der Waals surface area contributed by atoms with Crippen LogP contribution in [0.2, 0.25) is 5.02 Å². The molecule has 1 aromatic heterocycles. The van der Waals surface area contributed by atoms with Crippen molar-refractivity contribution in [3.05, 3.63) is 53.6 Å². The molecular formula is C20H23ClN4. The van der Waals surface area contributed by atoms with Gasteiger partial charge in [0, 0.05) is 21.4 Å². The number of hydrogen-bond donors (Lipinski definition) is 1. The molecule has 2 heterocycles. The molecule has 0 unspecified atom stereocenters. The van der Waals surface area contributed by atoms with Gasteiger partial charge in [-0.2, -0.15) is 0 Å². The molecule has 4 rings (SSSR count). The summed E-state index contributed by atoms with van der Waals surface area (Å²) in [5.41, 5.74) is 7.62. The van der Waals surface area contributed by atoms with Gasteiger partial charge in [-0.15, -0.1) is 10.2 Å². The molecule has 1 saturated heterocycles. The lowest BCUT2D eigenvalue weighted by molar-refractivity contribution is 0.277. The number of anilines is 1. The Hall–Kier alpha value is -2.17. The summed E-state index contributed by atoms with van der Waals surface area (Å²) >= 11 is 5.89. The number of nitrogen functional groups attached to an aromatic ring is 1. The van der Waals surface area contributed by atoms with E-state index < -0.39 is 0 Å². The minimum atomic E-state index is 0.448. The second-order valence-electron chi connectivity index (χ2n) is 6.35. The minimum Gasteiger partial charge on any atom is -0.382 e. The van der Waals surface area contributed by atoms with E-state index in [-0.39, 0.29) is 0 Å². The molecule has 4 nitrogen and oxygen atoms in total. The topological polar surface area (TPSA) is 55.0 Å². The number of fused-ring (bicyclic) bond motifs is 1. The maximum atomic E-state index is 5.89. The van der Waals surface area contributed by atoms with E-state index in [1.165, 1.54) is 32.4 Å². The summed E-state index contributed by atoms with van der Waals surface area (Å²) < 4.78 is 0. The number of halogens is 1. The van der Waals surface area contributed by atoms with Gasteiger partial charge in [0.05, 0.1) is 0 Å². The molecule has 0 spiro atoms. The van der Waals surface area contributed by atoms with Crippen LogP contribution in [0.25, 0.3) is 22.0 Å². The van der Waals surface area contributed by atoms with E-state index in [2.05, 4.69) is 22.1 Å². The number of rotatable bonds is 1. The monoisotopic (exact) mass is 354 g/mol. The lowest BCUT2D eigenvalue weighted by atomic mass is 10.0. The van der Waals surface area contributed by atoms with Crippen LogP contribution < -0.4 is 5.73 Å². The van der Waals surface area contributed by atoms with Gasteiger partial charge in [-0.1, -0.05) is 54.4 Å². The van der Waals surface area contributed by atoms with Gasteiger partial charge in [-0.25, -0.2) is 0 Å². The maximum Gasteiger partial charge on any atom is 0.154 e. The third-order valence-corrected chi connectivity index (χ3v) is 4.67. The van der Waals surface area contributed by atoms with Gasteiger partial charge >= 0.3 is 0 Å². The highest BCUT2D eigenvalue weighted by Gasteiger charge is 2.08. The van der Waals surface area contributed by atoms with E-state index in [1.807, 2.05) is 48.5 Å². The first-order valence-corrected chi connectivity index (χ1v) is 8.98. The van der Waals surface area contributed by atoms with Gasteiger partial charge in [0.2, 0.25) is 0 Å². The summed E-state index contributed by atoms with van der Waals surface area (Å²) in [5, 5.41) is 10.8. The summed E-state index contributed by atoms with van der Waals surface area (Å²) in [5.74, 6) is 0.448. The molecule has 1 aliphatic rings. The maximum absolute atomic E-state index is 5.89. The van der Waals surface area contributed by atoms with Crippen molar-refractivity contribution >= 4 is 28.2 Å². The van der Waals surface area contributed by atoms with Crippen LogP contribution in [0.5, 0.6) is 0 Å². The highest BCUT2D eigenvalue weighted by atomic mass is 35.5. The fourth-order valence-electron chi connectivity index (χ4n) is 3.00. The van der Waals surface area contributed by atoms with Gasteiger partial charge in [-0.3, -0.25) is 0 Å². The van der Waals surface area contributed by atoms with Gasteiger partial charge in [0.25, 0.3) is 0 Å². The zero-order chi connectivity index (χ0) is 17.6. The van der Waals surface area contributed by atoms with E-state index in [0.717, 1.165) is 22.0 Å². The number of nitrogens with two attached hydrogens (primary N) is 1. The van der Waals surface area contributed by atoms with Crippen molar-refractivity contribution in [2.45, 2.75) is 19.3 Å². The quantitative estimate of drug-likeness (QED) is 0.692. The average Bonchev–Trinajstić information content (AvgIpc) is 2.65. The normalized spacial score (nSPS) is 14.8. The van der Waals surface area contributed by atoms with Crippen molar-refractivity contribution in [3.63, 3.8) is 0 Å². The Labute approximate surface area is 153 Å². The second kappa shape index (κ2) is 8.28. The standard InChI is InChI=1S/C14H10ClN3.C6H13N/c15-10-7-5-9(6-8-10)13-11-3-1-2-4-12(11)14(16)18-17-13;1-7-5-3-2-4-6-7/h1-8H,(H2,16,18);2-6H2,1H3. The molecule has 1 fully saturated rings. The highest BCUT2D eigenvalue weighted by Crippen LogP contribution is 2.28. The largest absolute Gasteiger partial charge is 0.382 e. The first-order valence-electron chi connectivity index (χ1n) is 8.60. The molecule has 25 heavy (non-hydrogen) atoms. The number of benzene rings is 2. The van der Waals surface area contributed by atoms with Crippen LogP contribution in [0.15, 0.2) is 48.5 Å². The molecule has 130 valence electrons. The van der Waals surface area contributed by atoms with Gasteiger partial charge in [0.15, 0.2) is 5.82 Å². The van der Waals surface area contributed by atoms with E-state index in [0.29, 0.717) is 10.8 Å². The Morgan fingerprint density at radius 2 is 1.52 bits per heavy atom. The lowest BCUT2D eigenvalue weighted by Crippen LogP contribution is -2.24. The molecule has 0 saturated carbocycles. The molecular weight excluding hydrogens is 332 g/mol. The molecule has 0 radical (unpaired) electrons. The van der Waals surface area contributed by atoms with Crippen molar-refractivity contribution in [2.75, 3.05) is 25.9 Å². The number of nitrogens with zero attached hydrogens (tertiary/aromatic N) is 3. The third-order valence-electron chi connectivity index (χ3n) is 4.41. The summed E-state index contributed by atoms with van der Waals surface area (Å²) in [4.78, 5) is 2.39. The molecule has 3 aromatic rings. The smallest absolute Gasteiger partial charge is 0.154 e. The number of piperidine rings is 1. The van der Waals surface area contributed by atoms with Crippen LogP contribution in [-0.4, -0.2) is 35.2 Å². The first-order chi connectivity index (χ1) is 12.1. The zero-order valence-electron chi connectivity index (χ0n) is 14.5. The summed E-state index contributed by atoms with van der Waals surface area (Å²) in [7, 11) is 2.19. The van der Waals surface area contributed by atoms with E-state index >= 15 is 0 Å². The molecule has 2 aromatic carbocycles. The predicted molar refractivity (Wildman–Crippen MR) is 106 cm³/mol. The Kier molecular flexibility index (Phi) is 5.84. The van der Waals surface area contributed by atoms with E-state index in [4.69, 9.17) is 17.3 Å². The van der Waals surface area contributed by atoms with Crippen LogP contribution in [0.4, 0.5) is 5.82 Å². The molecule has 0 aliphatic carbocycles. The van der Waals surface area contributed by atoms with Crippen molar-refractivity contribution in [2.24, 2.45) is 0 Å². The number of likely N-dealkylation sites (tertiary alicyclic amines) is 1. The summed E-state index contributed by atoms with van der Waals surface area (Å²) in [6, 6.07) is 15.4. The van der Waals surface area contributed by atoms with Crippen LogP contribution in [-0.2, 0) is 0 Å². The third kappa shape index (κ3) is 4.47. The van der Waals surface area contributed by atoms with Crippen molar-refractivity contribution in [1.82, 2.24) is 15.1 Å². The molecule has 1 aliphatic heterocycles. The molecule has 0 atom stereocenters. The van der Waals surface area contributed by atoms with Gasteiger partial charge < -0.3 is 10.6 Å². The Bertz CT molecular complexity index is 827. The van der Waals surface area contributed by atoms with Gasteiger partial charge in [0.1, 0.15) is 5.69 Å². The molecule has 0 bridgehead atoms. The van der Waals surface area contributed by atoms with Crippen molar-refractivity contribution < 1.29 is 0 Å². The molecule has 2 N–H and O–H groups in total. The number of aromatic nitrogens is 2. The van der Waals surface area contributed by atoms with Crippen LogP contribution in [0, 0.1) is 0 Å². The average molecular weight is 355 g/mol. The van der Waals surface area contributed by atoms with Crippen LogP contribution in [0.1, 0.15) is 19.3 Å². The zero-order valence-corrected chi connectivity index (χ0v) is 15.2. The van der Waals surface area contributed by atoms with Gasteiger partial charge in [-0.05, 0) is 45.1 Å². The molecule has 0 amide bonds. The van der Waals surface area contributed by atoms with Crippen LogP contribution in [0.3, 0.4) is 0 Å².